The van der Waals surface area contributed by atoms with Crippen LogP contribution in [-0.4, -0.2) is 36.1 Å². The molecule has 0 bridgehead atoms. The fraction of sp³-hybridized carbons (Fsp3) is 0.750. The number of likely N-dealkylation sites (tertiary alicyclic amines) is 1. The van der Waals surface area contributed by atoms with Crippen LogP contribution in [0.3, 0.4) is 0 Å². The van der Waals surface area contributed by atoms with Crippen molar-refractivity contribution < 1.29 is 4.42 Å². The van der Waals surface area contributed by atoms with Gasteiger partial charge in [-0.1, -0.05) is 0 Å². The van der Waals surface area contributed by atoms with E-state index in [2.05, 4.69) is 9.88 Å². The fourth-order valence-electron chi connectivity index (χ4n) is 2.26. The van der Waals surface area contributed by atoms with Crippen molar-refractivity contribution in [3.63, 3.8) is 0 Å². The van der Waals surface area contributed by atoms with Gasteiger partial charge in [-0.25, -0.2) is 4.98 Å². The topological polar surface area (TPSA) is 55.3 Å². The summed E-state index contributed by atoms with van der Waals surface area (Å²) in [5.41, 5.74) is 6.58. The van der Waals surface area contributed by atoms with E-state index in [0.29, 0.717) is 5.92 Å². The van der Waals surface area contributed by atoms with Crippen LogP contribution in [0.2, 0.25) is 0 Å². The molecule has 1 aliphatic rings. The molecule has 0 aromatic carbocycles. The third-order valence-electron chi connectivity index (χ3n) is 3.43. The van der Waals surface area contributed by atoms with Crippen molar-refractivity contribution in [1.82, 2.24) is 9.88 Å². The summed E-state index contributed by atoms with van der Waals surface area (Å²) in [7, 11) is 0. The van der Waals surface area contributed by atoms with Gasteiger partial charge in [-0.05, 0) is 39.8 Å². The number of nitrogens with zero attached hydrogens (tertiary/aromatic N) is 2. The Morgan fingerprint density at radius 2 is 2.06 bits per heavy atom. The Balaban J connectivity index is 1.93. The first-order chi connectivity index (χ1) is 7.70. The third-order valence-corrected chi connectivity index (χ3v) is 3.43. The first kappa shape index (κ1) is 11.6. The van der Waals surface area contributed by atoms with Gasteiger partial charge in [-0.3, -0.25) is 0 Å². The van der Waals surface area contributed by atoms with Crippen LogP contribution >= 0.6 is 0 Å². The lowest BCUT2D eigenvalue weighted by Gasteiger charge is -2.29. The van der Waals surface area contributed by atoms with Gasteiger partial charge in [0.25, 0.3) is 0 Å². The lowest BCUT2D eigenvalue weighted by atomic mass is 9.97. The van der Waals surface area contributed by atoms with E-state index in [-0.39, 0.29) is 0 Å². The minimum Gasteiger partial charge on any atom is -0.445 e. The van der Waals surface area contributed by atoms with E-state index in [9.17, 15) is 0 Å². The van der Waals surface area contributed by atoms with Crippen molar-refractivity contribution in [1.29, 1.82) is 0 Å². The maximum Gasteiger partial charge on any atom is 0.197 e. The lowest BCUT2D eigenvalue weighted by molar-refractivity contribution is 0.204. The molecule has 0 unspecified atom stereocenters. The molecule has 1 aromatic rings. The molecule has 16 heavy (non-hydrogen) atoms. The van der Waals surface area contributed by atoms with Gasteiger partial charge in [-0.15, -0.1) is 0 Å². The maximum absolute atomic E-state index is 5.69. The highest BCUT2D eigenvalue weighted by atomic mass is 16.4. The first-order valence-electron chi connectivity index (χ1n) is 6.07. The molecule has 1 aromatic heterocycles. The quantitative estimate of drug-likeness (QED) is 0.842. The second-order valence-corrected chi connectivity index (χ2v) is 4.60. The molecular weight excluding hydrogens is 202 g/mol. The second kappa shape index (κ2) is 4.97. The fourth-order valence-corrected chi connectivity index (χ4v) is 2.26. The molecule has 0 saturated carbocycles. The second-order valence-electron chi connectivity index (χ2n) is 4.60. The van der Waals surface area contributed by atoms with Crippen molar-refractivity contribution in [2.75, 3.05) is 26.2 Å². The molecule has 1 fully saturated rings. The SMILES string of the molecule is Cc1nc(C2CCN(CCN)CC2)oc1C. The molecule has 2 N–H and O–H groups in total. The highest BCUT2D eigenvalue weighted by Crippen LogP contribution is 2.28. The highest BCUT2D eigenvalue weighted by molar-refractivity contribution is 5.08. The van der Waals surface area contributed by atoms with Gasteiger partial charge < -0.3 is 15.1 Å². The zero-order valence-corrected chi connectivity index (χ0v) is 10.2. The Morgan fingerprint density at radius 3 is 2.56 bits per heavy atom. The van der Waals surface area contributed by atoms with Crippen molar-refractivity contribution in [3.05, 3.63) is 17.3 Å². The van der Waals surface area contributed by atoms with Crippen LogP contribution in [0.5, 0.6) is 0 Å². The van der Waals surface area contributed by atoms with Gasteiger partial charge >= 0.3 is 0 Å². The number of aromatic nitrogens is 1. The molecule has 1 aliphatic heterocycles. The molecule has 0 aliphatic carbocycles. The van der Waals surface area contributed by atoms with Crippen LogP contribution in [0.4, 0.5) is 0 Å². The third kappa shape index (κ3) is 2.44. The molecule has 2 rings (SSSR count). The molecular formula is C12H21N3O. The average Bonchev–Trinajstić information content (AvgIpc) is 2.61. The summed E-state index contributed by atoms with van der Waals surface area (Å²) in [4.78, 5) is 6.91. The van der Waals surface area contributed by atoms with E-state index >= 15 is 0 Å². The summed E-state index contributed by atoms with van der Waals surface area (Å²) in [6, 6.07) is 0. The number of oxazole rings is 1. The van der Waals surface area contributed by atoms with Gasteiger partial charge in [0.2, 0.25) is 0 Å². The van der Waals surface area contributed by atoms with E-state index in [1.54, 1.807) is 0 Å². The van der Waals surface area contributed by atoms with Crippen molar-refractivity contribution in [2.24, 2.45) is 5.73 Å². The number of aryl methyl sites for hydroxylation is 2. The molecule has 0 spiro atoms. The zero-order valence-electron chi connectivity index (χ0n) is 10.2. The Hall–Kier alpha value is -0.870. The molecule has 0 amide bonds. The largest absolute Gasteiger partial charge is 0.445 e. The van der Waals surface area contributed by atoms with Gasteiger partial charge in [-0.2, -0.15) is 0 Å². The standard InChI is InChI=1S/C12H21N3O/c1-9-10(2)16-12(14-9)11-3-6-15(7-4-11)8-5-13/h11H,3-8,13H2,1-2H3. The van der Waals surface area contributed by atoms with E-state index in [4.69, 9.17) is 10.2 Å². The molecule has 0 atom stereocenters. The van der Waals surface area contributed by atoms with Gasteiger partial charge in [0.1, 0.15) is 5.76 Å². The monoisotopic (exact) mass is 223 g/mol. The summed E-state index contributed by atoms with van der Waals surface area (Å²) >= 11 is 0. The minimum atomic E-state index is 0.501. The van der Waals surface area contributed by atoms with Gasteiger partial charge in [0.15, 0.2) is 5.89 Å². The maximum atomic E-state index is 5.69. The molecule has 0 radical (unpaired) electrons. The van der Waals surface area contributed by atoms with Crippen LogP contribution in [0.25, 0.3) is 0 Å². The van der Waals surface area contributed by atoms with Crippen LogP contribution in [0, 0.1) is 13.8 Å². The predicted octanol–water partition coefficient (Wildman–Crippen LogP) is 1.43. The Bertz CT molecular complexity index is 321. The Kier molecular flexibility index (Phi) is 3.61. The number of piperidine rings is 1. The number of nitrogens with two attached hydrogens (primary N) is 1. The highest BCUT2D eigenvalue weighted by Gasteiger charge is 2.24. The van der Waals surface area contributed by atoms with E-state index in [0.717, 1.165) is 56.4 Å². The Labute approximate surface area is 96.8 Å². The van der Waals surface area contributed by atoms with Gasteiger partial charge in [0, 0.05) is 19.0 Å². The molecule has 4 nitrogen and oxygen atoms in total. The van der Waals surface area contributed by atoms with Crippen molar-refractivity contribution in [2.45, 2.75) is 32.6 Å². The van der Waals surface area contributed by atoms with E-state index < -0.39 is 0 Å². The van der Waals surface area contributed by atoms with Crippen LogP contribution in [0.15, 0.2) is 4.42 Å². The normalized spacial score (nSPS) is 19.2. The summed E-state index contributed by atoms with van der Waals surface area (Å²) in [6.45, 7) is 7.98. The molecule has 90 valence electrons. The summed E-state index contributed by atoms with van der Waals surface area (Å²) in [5, 5.41) is 0. The average molecular weight is 223 g/mol. The van der Waals surface area contributed by atoms with Crippen molar-refractivity contribution >= 4 is 0 Å². The molecule has 4 heteroatoms. The number of hydrogen-bond acceptors (Lipinski definition) is 4. The first-order valence-corrected chi connectivity index (χ1v) is 6.07. The van der Waals surface area contributed by atoms with Gasteiger partial charge in [0.05, 0.1) is 5.69 Å². The predicted molar refractivity (Wildman–Crippen MR) is 63.4 cm³/mol. The summed E-state index contributed by atoms with van der Waals surface area (Å²) in [6.07, 6.45) is 2.28. The number of hydrogen-bond donors (Lipinski definition) is 1. The zero-order chi connectivity index (χ0) is 11.5. The molecule has 1 saturated heterocycles. The number of rotatable bonds is 3. The molecule has 2 heterocycles. The van der Waals surface area contributed by atoms with E-state index in [1.807, 2.05) is 13.8 Å². The lowest BCUT2D eigenvalue weighted by Crippen LogP contribution is -2.36. The van der Waals surface area contributed by atoms with E-state index in [1.165, 1.54) is 0 Å². The Morgan fingerprint density at radius 1 is 1.38 bits per heavy atom. The smallest absolute Gasteiger partial charge is 0.197 e. The van der Waals surface area contributed by atoms with Crippen molar-refractivity contribution in [3.8, 4) is 0 Å². The van der Waals surface area contributed by atoms with Crippen LogP contribution < -0.4 is 5.73 Å². The minimum absolute atomic E-state index is 0.501. The summed E-state index contributed by atoms with van der Waals surface area (Å²) in [5.74, 6) is 2.39. The van der Waals surface area contributed by atoms with Crippen LogP contribution in [0.1, 0.15) is 36.1 Å². The van der Waals surface area contributed by atoms with Crippen LogP contribution in [-0.2, 0) is 0 Å². The summed E-state index contributed by atoms with van der Waals surface area (Å²) < 4.78 is 5.69.